The minimum atomic E-state index is -2.41. The van der Waals surface area contributed by atoms with Crippen LogP contribution in [0, 0.1) is 5.92 Å². The maximum Gasteiger partial charge on any atom is 0.503 e. The van der Waals surface area contributed by atoms with E-state index in [1.807, 2.05) is 0 Å². The number of hydrogen-bond donors (Lipinski definition) is 0. The quantitative estimate of drug-likeness (QED) is 0.659. The molecule has 1 aliphatic carbocycles. The van der Waals surface area contributed by atoms with Gasteiger partial charge in [-0.3, -0.25) is 0 Å². The van der Waals surface area contributed by atoms with Crippen LogP contribution in [0.5, 0.6) is 0 Å². The highest BCUT2D eigenvalue weighted by atomic mass is 28.4. The molecule has 0 radical (unpaired) electrons. The first-order chi connectivity index (χ1) is 7.24. The van der Waals surface area contributed by atoms with Crippen molar-refractivity contribution in [2.45, 2.75) is 44.6 Å². The van der Waals surface area contributed by atoms with Crippen LogP contribution in [0.15, 0.2) is 0 Å². The second-order valence-corrected chi connectivity index (χ2v) is 7.45. The molecule has 0 amide bonds. The number of hydrogen-bond acceptors (Lipinski definition) is 3. The largest absolute Gasteiger partial charge is 0.503 e. The van der Waals surface area contributed by atoms with E-state index in [1.54, 1.807) is 21.3 Å². The highest BCUT2D eigenvalue weighted by Crippen LogP contribution is 2.43. The van der Waals surface area contributed by atoms with E-state index in [-0.39, 0.29) is 0 Å². The fourth-order valence-corrected chi connectivity index (χ4v) is 5.75. The van der Waals surface area contributed by atoms with Crippen molar-refractivity contribution in [1.82, 2.24) is 0 Å². The van der Waals surface area contributed by atoms with Gasteiger partial charge in [0, 0.05) is 26.9 Å². The molecule has 1 fully saturated rings. The van der Waals surface area contributed by atoms with Gasteiger partial charge in [-0.2, -0.15) is 0 Å². The lowest BCUT2D eigenvalue weighted by atomic mass is 10.0. The summed E-state index contributed by atoms with van der Waals surface area (Å²) in [4.78, 5) is 0. The van der Waals surface area contributed by atoms with Crippen molar-refractivity contribution in [3.8, 4) is 0 Å². The van der Waals surface area contributed by atoms with Gasteiger partial charge in [-0.1, -0.05) is 32.6 Å². The smallest absolute Gasteiger partial charge is 0.377 e. The molecule has 1 atom stereocenters. The predicted octanol–water partition coefficient (Wildman–Crippen LogP) is 2.83. The monoisotopic (exact) mass is 232 g/mol. The minimum Gasteiger partial charge on any atom is -0.377 e. The third-order valence-corrected chi connectivity index (χ3v) is 7.21. The third kappa shape index (κ3) is 2.61. The van der Waals surface area contributed by atoms with E-state index in [4.69, 9.17) is 13.3 Å². The summed E-state index contributed by atoms with van der Waals surface area (Å²) >= 11 is 0. The Morgan fingerprint density at radius 2 is 1.53 bits per heavy atom. The van der Waals surface area contributed by atoms with Gasteiger partial charge in [0.1, 0.15) is 0 Å². The van der Waals surface area contributed by atoms with Crippen LogP contribution in [0.1, 0.15) is 39.0 Å². The second-order valence-electron chi connectivity index (χ2n) is 4.28. The minimum absolute atomic E-state index is 0.472. The van der Waals surface area contributed by atoms with Crippen molar-refractivity contribution in [3.05, 3.63) is 0 Å². The Kier molecular flexibility index (Phi) is 5.25. The Hall–Kier alpha value is 0.0969. The van der Waals surface area contributed by atoms with E-state index in [0.29, 0.717) is 5.54 Å². The van der Waals surface area contributed by atoms with Crippen LogP contribution in [0.25, 0.3) is 0 Å². The molecule has 1 saturated carbocycles. The van der Waals surface area contributed by atoms with Crippen molar-refractivity contribution >= 4 is 8.80 Å². The van der Waals surface area contributed by atoms with Gasteiger partial charge in [0.2, 0.25) is 0 Å². The van der Waals surface area contributed by atoms with Gasteiger partial charge in [-0.05, 0) is 12.3 Å². The molecular weight excluding hydrogens is 208 g/mol. The lowest BCUT2D eigenvalue weighted by Crippen LogP contribution is -2.49. The average Bonchev–Trinajstić information content (AvgIpc) is 2.79. The topological polar surface area (TPSA) is 27.7 Å². The first-order valence-corrected chi connectivity index (χ1v) is 7.69. The van der Waals surface area contributed by atoms with Gasteiger partial charge in [-0.15, -0.1) is 0 Å². The molecule has 3 nitrogen and oxygen atoms in total. The normalized spacial score (nSPS) is 20.8. The molecule has 0 aliphatic heterocycles. The first-order valence-electron chi connectivity index (χ1n) is 5.89. The van der Waals surface area contributed by atoms with Gasteiger partial charge >= 0.3 is 8.80 Å². The summed E-state index contributed by atoms with van der Waals surface area (Å²) in [5, 5.41) is 0. The van der Waals surface area contributed by atoms with Crippen LogP contribution in [-0.2, 0) is 13.3 Å². The van der Waals surface area contributed by atoms with Gasteiger partial charge in [-0.25, -0.2) is 0 Å². The van der Waals surface area contributed by atoms with Gasteiger partial charge in [0.05, 0.1) is 0 Å². The molecule has 15 heavy (non-hydrogen) atoms. The van der Waals surface area contributed by atoms with Crippen LogP contribution >= 0.6 is 0 Å². The van der Waals surface area contributed by atoms with Crippen molar-refractivity contribution in [2.75, 3.05) is 21.3 Å². The summed E-state index contributed by atoms with van der Waals surface area (Å²) in [5.74, 6) is 0.738. The van der Waals surface area contributed by atoms with Crippen molar-refractivity contribution in [1.29, 1.82) is 0 Å². The third-order valence-electron chi connectivity index (χ3n) is 3.72. The summed E-state index contributed by atoms with van der Waals surface area (Å²) in [6.07, 6.45) is 6.41. The fraction of sp³-hybridized carbons (Fsp3) is 1.00. The van der Waals surface area contributed by atoms with Crippen LogP contribution < -0.4 is 0 Å². The van der Waals surface area contributed by atoms with E-state index < -0.39 is 8.80 Å². The summed E-state index contributed by atoms with van der Waals surface area (Å²) in [5.41, 5.74) is 0.472. The highest BCUT2D eigenvalue weighted by molar-refractivity contribution is 6.62. The molecule has 0 saturated heterocycles. The van der Waals surface area contributed by atoms with Crippen molar-refractivity contribution < 1.29 is 13.3 Å². The molecular formula is C11H24O3Si. The highest BCUT2D eigenvalue weighted by Gasteiger charge is 2.50. The molecule has 0 heterocycles. The summed E-state index contributed by atoms with van der Waals surface area (Å²) in [7, 11) is 2.75. The summed E-state index contributed by atoms with van der Waals surface area (Å²) < 4.78 is 16.8. The van der Waals surface area contributed by atoms with Crippen LogP contribution in [0.4, 0.5) is 0 Å². The summed E-state index contributed by atoms with van der Waals surface area (Å²) in [6.45, 7) is 2.21. The number of rotatable bonds is 6. The zero-order chi connectivity index (χ0) is 11.3. The van der Waals surface area contributed by atoms with Crippen LogP contribution in [0.3, 0.4) is 0 Å². The molecule has 0 spiro atoms. The van der Waals surface area contributed by atoms with Gasteiger partial charge in [0.25, 0.3) is 0 Å². The molecule has 90 valence electrons. The van der Waals surface area contributed by atoms with Gasteiger partial charge < -0.3 is 13.3 Å². The lowest BCUT2D eigenvalue weighted by molar-refractivity contribution is 0.100. The Morgan fingerprint density at radius 1 is 1.07 bits per heavy atom. The molecule has 1 unspecified atom stereocenters. The van der Waals surface area contributed by atoms with E-state index in [2.05, 4.69) is 6.92 Å². The molecule has 0 aromatic carbocycles. The molecule has 1 aliphatic rings. The molecule has 0 N–H and O–H groups in total. The molecule has 0 bridgehead atoms. The van der Waals surface area contributed by atoms with E-state index in [0.717, 1.165) is 12.3 Å². The summed E-state index contributed by atoms with van der Waals surface area (Å²) in [6, 6.07) is 0. The van der Waals surface area contributed by atoms with Gasteiger partial charge in [0.15, 0.2) is 0 Å². The van der Waals surface area contributed by atoms with Crippen molar-refractivity contribution in [2.24, 2.45) is 5.92 Å². The molecule has 4 heteroatoms. The van der Waals surface area contributed by atoms with E-state index >= 15 is 0 Å². The maximum absolute atomic E-state index is 5.60. The Morgan fingerprint density at radius 3 is 1.87 bits per heavy atom. The Bertz CT molecular complexity index is 168. The SMILES string of the molecule is CCC(C1CCCC1)[Si](OC)(OC)OC. The fourth-order valence-electron chi connectivity index (χ4n) is 2.94. The Labute approximate surface area is 94.5 Å². The van der Waals surface area contributed by atoms with Crippen molar-refractivity contribution in [3.63, 3.8) is 0 Å². The van der Waals surface area contributed by atoms with Crippen LogP contribution in [0.2, 0.25) is 5.54 Å². The average molecular weight is 232 g/mol. The predicted molar refractivity (Wildman–Crippen MR) is 62.8 cm³/mol. The second kappa shape index (κ2) is 5.99. The van der Waals surface area contributed by atoms with E-state index in [1.165, 1.54) is 25.7 Å². The molecule has 0 aromatic rings. The van der Waals surface area contributed by atoms with Crippen LogP contribution in [-0.4, -0.2) is 30.1 Å². The standard InChI is InChI=1S/C11H24O3Si/c1-5-11(10-8-6-7-9-10)15(12-2,13-3)14-4/h10-11H,5-9H2,1-4H3. The zero-order valence-electron chi connectivity index (χ0n) is 10.4. The Balaban J connectivity index is 2.76. The molecule has 1 rings (SSSR count). The van der Waals surface area contributed by atoms with E-state index in [9.17, 15) is 0 Å². The molecule has 0 aromatic heterocycles. The maximum atomic E-state index is 5.60. The lowest BCUT2D eigenvalue weighted by Gasteiger charge is -2.35. The zero-order valence-corrected chi connectivity index (χ0v) is 11.4. The first kappa shape index (κ1) is 13.2.